The Morgan fingerprint density at radius 2 is 2.31 bits per heavy atom. The summed E-state index contributed by atoms with van der Waals surface area (Å²) < 4.78 is 0. The number of pyridine rings is 1. The number of anilines is 1. The van der Waals surface area contributed by atoms with Gasteiger partial charge in [0.15, 0.2) is 0 Å². The lowest BCUT2D eigenvalue weighted by atomic mass is 10.2. The molecule has 0 spiro atoms. The third kappa shape index (κ3) is 3.47. The lowest BCUT2D eigenvalue weighted by Gasteiger charge is -2.05. The van der Waals surface area contributed by atoms with Crippen molar-refractivity contribution in [2.75, 3.05) is 18.4 Å². The molecule has 6 heteroatoms. The number of aryl methyl sites for hydroxylation is 1. The summed E-state index contributed by atoms with van der Waals surface area (Å²) in [5.74, 6) is 0.327. The second-order valence-electron chi connectivity index (χ2n) is 3.56. The minimum absolute atomic E-state index is 0.0211. The molecule has 1 aromatic rings. The molecular weight excluding hydrogens is 208 g/mol. The molecule has 0 bridgehead atoms. The number of nitrogens with zero attached hydrogens (tertiary/aromatic N) is 2. The van der Waals surface area contributed by atoms with Crippen LogP contribution in [-0.4, -0.2) is 23.0 Å². The summed E-state index contributed by atoms with van der Waals surface area (Å²) in [5.41, 5.74) is 6.15. The highest BCUT2D eigenvalue weighted by atomic mass is 16.6. The van der Waals surface area contributed by atoms with Gasteiger partial charge < -0.3 is 11.1 Å². The first-order valence-electron chi connectivity index (χ1n) is 5.20. The Morgan fingerprint density at radius 3 is 2.94 bits per heavy atom. The van der Waals surface area contributed by atoms with E-state index < -0.39 is 4.92 Å². The summed E-state index contributed by atoms with van der Waals surface area (Å²) in [6.45, 7) is 3.05. The molecule has 0 atom stereocenters. The van der Waals surface area contributed by atoms with Gasteiger partial charge in [0, 0.05) is 18.8 Å². The molecule has 0 saturated heterocycles. The number of aromatic nitrogens is 1. The van der Waals surface area contributed by atoms with Crippen molar-refractivity contribution in [3.8, 4) is 0 Å². The van der Waals surface area contributed by atoms with E-state index in [1.54, 1.807) is 13.1 Å². The Morgan fingerprint density at radius 1 is 1.56 bits per heavy atom. The van der Waals surface area contributed by atoms with Gasteiger partial charge in [0.1, 0.15) is 0 Å². The van der Waals surface area contributed by atoms with Crippen molar-refractivity contribution >= 4 is 11.5 Å². The number of unbranched alkanes of at least 4 members (excludes halogenated alkanes) is 1. The maximum absolute atomic E-state index is 10.8. The van der Waals surface area contributed by atoms with Gasteiger partial charge in [-0.2, -0.15) is 0 Å². The minimum Gasteiger partial charge on any atom is -0.364 e. The third-order valence-electron chi connectivity index (χ3n) is 2.12. The van der Waals surface area contributed by atoms with Crippen molar-refractivity contribution in [2.24, 2.45) is 5.73 Å². The average molecular weight is 224 g/mol. The standard InChI is InChI=1S/C10H16N4O2/c1-8-6-9(14(15)16)10(13-7-8)12-5-3-2-4-11/h6-7H,2-5,11H2,1H3,(H,12,13). The van der Waals surface area contributed by atoms with E-state index in [0.29, 0.717) is 18.9 Å². The molecule has 0 amide bonds. The van der Waals surface area contributed by atoms with Crippen molar-refractivity contribution in [3.05, 3.63) is 27.9 Å². The van der Waals surface area contributed by atoms with Crippen molar-refractivity contribution in [1.29, 1.82) is 0 Å². The predicted molar refractivity (Wildman–Crippen MR) is 62.4 cm³/mol. The van der Waals surface area contributed by atoms with Gasteiger partial charge in [-0.3, -0.25) is 10.1 Å². The van der Waals surface area contributed by atoms with Gasteiger partial charge in [-0.1, -0.05) is 0 Å². The number of rotatable bonds is 6. The lowest BCUT2D eigenvalue weighted by Crippen LogP contribution is -2.08. The first-order chi connectivity index (χ1) is 7.65. The molecule has 1 aromatic heterocycles. The molecule has 0 saturated carbocycles. The van der Waals surface area contributed by atoms with E-state index in [4.69, 9.17) is 5.73 Å². The van der Waals surface area contributed by atoms with Gasteiger partial charge in [0.25, 0.3) is 0 Å². The van der Waals surface area contributed by atoms with Gasteiger partial charge in [-0.05, 0) is 31.9 Å². The molecule has 6 nitrogen and oxygen atoms in total. The largest absolute Gasteiger partial charge is 0.364 e. The summed E-state index contributed by atoms with van der Waals surface area (Å²) in [4.78, 5) is 14.4. The van der Waals surface area contributed by atoms with Crippen LogP contribution in [0.3, 0.4) is 0 Å². The molecule has 16 heavy (non-hydrogen) atoms. The Labute approximate surface area is 94.0 Å². The van der Waals surface area contributed by atoms with Gasteiger partial charge >= 0.3 is 5.69 Å². The Hall–Kier alpha value is -1.69. The zero-order chi connectivity index (χ0) is 12.0. The van der Waals surface area contributed by atoms with Crippen molar-refractivity contribution < 1.29 is 4.92 Å². The summed E-state index contributed by atoms with van der Waals surface area (Å²) >= 11 is 0. The average Bonchev–Trinajstić information content (AvgIpc) is 2.26. The topological polar surface area (TPSA) is 94.1 Å². The normalized spacial score (nSPS) is 10.1. The molecule has 0 aliphatic carbocycles. The van der Waals surface area contributed by atoms with Crippen LogP contribution in [0.2, 0.25) is 0 Å². The van der Waals surface area contributed by atoms with Crippen LogP contribution in [0, 0.1) is 17.0 Å². The van der Waals surface area contributed by atoms with Gasteiger partial charge in [-0.25, -0.2) is 4.98 Å². The van der Waals surface area contributed by atoms with E-state index in [1.807, 2.05) is 0 Å². The third-order valence-corrected chi connectivity index (χ3v) is 2.12. The molecule has 0 aliphatic heterocycles. The maximum Gasteiger partial charge on any atom is 0.311 e. The van der Waals surface area contributed by atoms with Crippen LogP contribution >= 0.6 is 0 Å². The molecule has 1 heterocycles. The Balaban J connectivity index is 2.67. The van der Waals surface area contributed by atoms with Crippen molar-refractivity contribution in [2.45, 2.75) is 19.8 Å². The maximum atomic E-state index is 10.8. The second kappa shape index (κ2) is 6.02. The lowest BCUT2D eigenvalue weighted by molar-refractivity contribution is -0.384. The quantitative estimate of drug-likeness (QED) is 0.433. The molecule has 88 valence electrons. The number of nitrogens with two attached hydrogens (primary N) is 1. The highest BCUT2D eigenvalue weighted by molar-refractivity contribution is 5.56. The predicted octanol–water partition coefficient (Wildman–Crippen LogP) is 1.45. The Kier molecular flexibility index (Phi) is 4.65. The molecule has 1 rings (SSSR count). The van der Waals surface area contributed by atoms with Gasteiger partial charge in [-0.15, -0.1) is 0 Å². The molecule has 0 aliphatic rings. The van der Waals surface area contributed by atoms with Gasteiger partial charge in [0.05, 0.1) is 4.92 Å². The first-order valence-corrected chi connectivity index (χ1v) is 5.20. The summed E-state index contributed by atoms with van der Waals surface area (Å²) in [7, 11) is 0. The minimum atomic E-state index is -0.425. The van der Waals surface area contributed by atoms with Crippen LogP contribution in [0.15, 0.2) is 12.3 Å². The zero-order valence-corrected chi connectivity index (χ0v) is 9.27. The highest BCUT2D eigenvalue weighted by Gasteiger charge is 2.14. The molecule has 0 unspecified atom stereocenters. The number of nitro groups is 1. The fourth-order valence-electron chi connectivity index (χ4n) is 1.31. The monoisotopic (exact) mass is 224 g/mol. The van der Waals surface area contributed by atoms with Crippen molar-refractivity contribution in [3.63, 3.8) is 0 Å². The second-order valence-corrected chi connectivity index (χ2v) is 3.56. The van der Waals surface area contributed by atoms with E-state index in [-0.39, 0.29) is 5.69 Å². The number of hydrogen-bond acceptors (Lipinski definition) is 5. The molecule has 0 radical (unpaired) electrons. The van der Waals surface area contributed by atoms with E-state index in [2.05, 4.69) is 10.3 Å². The smallest absolute Gasteiger partial charge is 0.311 e. The van der Waals surface area contributed by atoms with Crippen LogP contribution < -0.4 is 11.1 Å². The molecular formula is C10H16N4O2. The number of hydrogen-bond donors (Lipinski definition) is 2. The first kappa shape index (κ1) is 12.4. The van der Waals surface area contributed by atoms with E-state index in [9.17, 15) is 10.1 Å². The molecule has 3 N–H and O–H groups in total. The van der Waals surface area contributed by atoms with Crippen LogP contribution in [0.25, 0.3) is 0 Å². The van der Waals surface area contributed by atoms with Crippen LogP contribution in [0.1, 0.15) is 18.4 Å². The van der Waals surface area contributed by atoms with Crippen molar-refractivity contribution in [1.82, 2.24) is 4.98 Å². The highest BCUT2D eigenvalue weighted by Crippen LogP contribution is 2.22. The van der Waals surface area contributed by atoms with E-state index in [0.717, 1.165) is 18.4 Å². The number of nitrogens with one attached hydrogen (secondary N) is 1. The SMILES string of the molecule is Cc1cnc(NCCCCN)c([N+](=O)[O-])c1. The summed E-state index contributed by atoms with van der Waals surface area (Å²) in [6, 6.07) is 1.51. The van der Waals surface area contributed by atoms with E-state index >= 15 is 0 Å². The summed E-state index contributed by atoms with van der Waals surface area (Å²) in [5, 5.41) is 13.7. The van der Waals surface area contributed by atoms with Crippen LogP contribution in [0.4, 0.5) is 11.5 Å². The summed E-state index contributed by atoms with van der Waals surface area (Å²) in [6.07, 6.45) is 3.38. The molecule has 0 fully saturated rings. The van der Waals surface area contributed by atoms with Crippen LogP contribution in [0.5, 0.6) is 0 Å². The van der Waals surface area contributed by atoms with Gasteiger partial charge in [0.2, 0.25) is 5.82 Å². The fraction of sp³-hybridized carbons (Fsp3) is 0.500. The fourth-order valence-corrected chi connectivity index (χ4v) is 1.31. The van der Waals surface area contributed by atoms with E-state index in [1.165, 1.54) is 6.07 Å². The zero-order valence-electron chi connectivity index (χ0n) is 9.27. The Bertz CT molecular complexity index is 368. The molecule has 0 aromatic carbocycles. The van der Waals surface area contributed by atoms with Crippen LogP contribution in [-0.2, 0) is 0 Å².